The fraction of sp³-hybridized carbons (Fsp3) is 0.704. The molecule has 0 spiro atoms. The van der Waals surface area contributed by atoms with Gasteiger partial charge in [0.15, 0.2) is 0 Å². The fourth-order valence-corrected chi connectivity index (χ4v) is 4.97. The molecule has 5 nitrogen and oxygen atoms in total. The summed E-state index contributed by atoms with van der Waals surface area (Å²) in [6, 6.07) is 8.00. The molecular weight excluding hydrogens is 398 g/mol. The van der Waals surface area contributed by atoms with Crippen molar-refractivity contribution in [2.24, 2.45) is 11.8 Å². The SMILES string of the molecule is CC[C@H](C)CNC(=O)[C@@H](C1CCCC1)N1CCN(C(=O)c2ccc(C(C)(C)C)cc2)CC1. The van der Waals surface area contributed by atoms with Gasteiger partial charge >= 0.3 is 0 Å². The molecule has 1 saturated carbocycles. The van der Waals surface area contributed by atoms with Crippen LogP contribution in [-0.2, 0) is 10.2 Å². The van der Waals surface area contributed by atoms with E-state index < -0.39 is 0 Å². The van der Waals surface area contributed by atoms with Gasteiger partial charge < -0.3 is 10.2 Å². The van der Waals surface area contributed by atoms with Crippen molar-refractivity contribution in [2.45, 2.75) is 78.2 Å². The number of carbonyl (C=O) groups is 2. The summed E-state index contributed by atoms with van der Waals surface area (Å²) in [6.45, 7) is 14.6. The average Bonchev–Trinajstić information content (AvgIpc) is 3.31. The van der Waals surface area contributed by atoms with Gasteiger partial charge in [-0.2, -0.15) is 0 Å². The van der Waals surface area contributed by atoms with Crippen molar-refractivity contribution < 1.29 is 9.59 Å². The molecule has 2 fully saturated rings. The third-order valence-corrected chi connectivity index (χ3v) is 7.43. The molecule has 3 rings (SSSR count). The maximum Gasteiger partial charge on any atom is 0.253 e. The summed E-state index contributed by atoms with van der Waals surface area (Å²) in [5.41, 5.74) is 2.07. The summed E-state index contributed by atoms with van der Waals surface area (Å²) >= 11 is 0. The lowest BCUT2D eigenvalue weighted by Crippen LogP contribution is -2.58. The van der Waals surface area contributed by atoms with Gasteiger partial charge in [-0.05, 0) is 47.8 Å². The van der Waals surface area contributed by atoms with Crippen molar-refractivity contribution in [3.63, 3.8) is 0 Å². The Balaban J connectivity index is 1.61. The molecule has 2 amide bonds. The van der Waals surface area contributed by atoms with Crippen LogP contribution in [0.25, 0.3) is 0 Å². The summed E-state index contributed by atoms with van der Waals surface area (Å²) in [5, 5.41) is 3.22. The molecule has 0 aromatic heterocycles. The summed E-state index contributed by atoms with van der Waals surface area (Å²) in [6.07, 6.45) is 5.80. The number of nitrogens with one attached hydrogen (secondary N) is 1. The van der Waals surface area contributed by atoms with Crippen molar-refractivity contribution in [2.75, 3.05) is 32.7 Å². The summed E-state index contributed by atoms with van der Waals surface area (Å²) in [4.78, 5) is 30.5. The van der Waals surface area contributed by atoms with Gasteiger partial charge in [0.25, 0.3) is 5.91 Å². The van der Waals surface area contributed by atoms with Crippen LogP contribution in [0.5, 0.6) is 0 Å². The van der Waals surface area contributed by atoms with Gasteiger partial charge in [-0.1, -0.05) is 66.0 Å². The fourth-order valence-electron chi connectivity index (χ4n) is 4.97. The first-order valence-corrected chi connectivity index (χ1v) is 12.6. The summed E-state index contributed by atoms with van der Waals surface area (Å²) < 4.78 is 0. The number of hydrogen-bond acceptors (Lipinski definition) is 3. The Hall–Kier alpha value is -1.88. The zero-order valence-corrected chi connectivity index (χ0v) is 20.8. The van der Waals surface area contributed by atoms with Gasteiger partial charge in [-0.25, -0.2) is 0 Å². The molecule has 1 aliphatic heterocycles. The zero-order valence-electron chi connectivity index (χ0n) is 20.8. The minimum absolute atomic E-state index is 0.0510. The molecule has 1 aromatic rings. The van der Waals surface area contributed by atoms with Crippen molar-refractivity contribution in [3.8, 4) is 0 Å². The van der Waals surface area contributed by atoms with E-state index in [1.54, 1.807) is 0 Å². The van der Waals surface area contributed by atoms with E-state index in [1.165, 1.54) is 18.4 Å². The van der Waals surface area contributed by atoms with Crippen molar-refractivity contribution >= 4 is 11.8 Å². The Labute approximate surface area is 194 Å². The van der Waals surface area contributed by atoms with Crippen LogP contribution in [0.3, 0.4) is 0 Å². The first-order valence-electron chi connectivity index (χ1n) is 12.6. The van der Waals surface area contributed by atoms with E-state index in [9.17, 15) is 9.59 Å². The number of hydrogen-bond donors (Lipinski definition) is 1. The minimum Gasteiger partial charge on any atom is -0.354 e. The first-order chi connectivity index (χ1) is 15.2. The van der Waals surface area contributed by atoms with E-state index >= 15 is 0 Å². The lowest BCUT2D eigenvalue weighted by molar-refractivity contribution is -0.129. The van der Waals surface area contributed by atoms with Gasteiger partial charge in [0.1, 0.15) is 0 Å². The normalized spacial score (nSPS) is 20.2. The van der Waals surface area contributed by atoms with E-state index in [0.717, 1.165) is 44.5 Å². The third kappa shape index (κ3) is 6.12. The second kappa shape index (κ2) is 10.8. The molecular formula is C27H43N3O2. The van der Waals surface area contributed by atoms with Crippen LogP contribution in [0.4, 0.5) is 0 Å². The Morgan fingerprint density at radius 3 is 2.16 bits per heavy atom. The topological polar surface area (TPSA) is 52.7 Å². The molecule has 2 aliphatic rings. The predicted octanol–water partition coefficient (Wildman–Crippen LogP) is 4.46. The highest BCUT2D eigenvalue weighted by atomic mass is 16.2. The van der Waals surface area contributed by atoms with E-state index in [0.29, 0.717) is 24.9 Å². The highest BCUT2D eigenvalue weighted by molar-refractivity contribution is 5.94. The number of nitrogens with zero attached hydrogens (tertiary/aromatic N) is 2. The highest BCUT2D eigenvalue weighted by Crippen LogP contribution is 2.31. The number of benzene rings is 1. The molecule has 1 N–H and O–H groups in total. The van der Waals surface area contributed by atoms with Gasteiger partial charge in [-0.3, -0.25) is 14.5 Å². The minimum atomic E-state index is -0.0510. The van der Waals surface area contributed by atoms with Crippen LogP contribution in [0.2, 0.25) is 0 Å². The van der Waals surface area contributed by atoms with E-state index in [2.05, 4.69) is 57.0 Å². The Kier molecular flexibility index (Phi) is 8.37. The van der Waals surface area contributed by atoms with Crippen LogP contribution >= 0.6 is 0 Å². The summed E-state index contributed by atoms with van der Waals surface area (Å²) in [7, 11) is 0. The van der Waals surface area contributed by atoms with Crippen LogP contribution < -0.4 is 5.32 Å². The molecule has 5 heteroatoms. The predicted molar refractivity (Wildman–Crippen MR) is 131 cm³/mol. The molecule has 178 valence electrons. The number of carbonyl (C=O) groups excluding carboxylic acids is 2. The lowest BCUT2D eigenvalue weighted by atomic mass is 9.86. The van der Waals surface area contributed by atoms with Gasteiger partial charge in [0.05, 0.1) is 6.04 Å². The standard InChI is InChI=1S/C27H43N3O2/c1-6-20(2)19-28-25(31)24(21-9-7-8-10-21)29-15-17-30(18-16-29)26(32)22-11-13-23(14-12-22)27(3,4)5/h11-14,20-21,24H,6-10,15-19H2,1-5H3,(H,28,31)/t20-,24+/m0/s1. The molecule has 1 heterocycles. The molecule has 1 aliphatic carbocycles. The van der Waals surface area contributed by atoms with E-state index in [4.69, 9.17) is 0 Å². The lowest BCUT2D eigenvalue weighted by Gasteiger charge is -2.41. The monoisotopic (exact) mass is 441 g/mol. The van der Waals surface area contributed by atoms with Crippen LogP contribution in [0.1, 0.15) is 82.6 Å². The zero-order chi connectivity index (χ0) is 23.3. The summed E-state index contributed by atoms with van der Waals surface area (Å²) in [5.74, 6) is 1.24. The Morgan fingerprint density at radius 1 is 1.03 bits per heavy atom. The second-order valence-corrected chi connectivity index (χ2v) is 10.9. The first kappa shape index (κ1) is 24.8. The maximum atomic E-state index is 13.2. The van der Waals surface area contributed by atoms with Crippen molar-refractivity contribution in [1.82, 2.24) is 15.1 Å². The Morgan fingerprint density at radius 2 is 1.62 bits per heavy atom. The molecule has 32 heavy (non-hydrogen) atoms. The Bertz CT molecular complexity index is 754. The average molecular weight is 442 g/mol. The van der Waals surface area contributed by atoms with Gasteiger partial charge in [0, 0.05) is 38.3 Å². The quantitative estimate of drug-likeness (QED) is 0.680. The number of piperazine rings is 1. The largest absolute Gasteiger partial charge is 0.354 e. The molecule has 0 bridgehead atoms. The molecule has 0 radical (unpaired) electrons. The molecule has 2 atom stereocenters. The van der Waals surface area contributed by atoms with Crippen LogP contribution in [-0.4, -0.2) is 60.4 Å². The number of rotatable bonds is 7. The molecule has 1 aromatic carbocycles. The van der Waals surface area contributed by atoms with Crippen molar-refractivity contribution in [3.05, 3.63) is 35.4 Å². The highest BCUT2D eigenvalue weighted by Gasteiger charge is 2.37. The molecule has 0 unspecified atom stereocenters. The second-order valence-electron chi connectivity index (χ2n) is 10.9. The van der Waals surface area contributed by atoms with Crippen LogP contribution in [0, 0.1) is 11.8 Å². The van der Waals surface area contributed by atoms with Crippen molar-refractivity contribution in [1.29, 1.82) is 0 Å². The van der Waals surface area contributed by atoms with Crippen LogP contribution in [0.15, 0.2) is 24.3 Å². The van der Waals surface area contributed by atoms with E-state index in [-0.39, 0.29) is 23.3 Å². The smallest absolute Gasteiger partial charge is 0.253 e. The third-order valence-electron chi connectivity index (χ3n) is 7.43. The van der Waals surface area contributed by atoms with E-state index in [1.807, 2.05) is 17.0 Å². The van der Waals surface area contributed by atoms with Gasteiger partial charge in [0.2, 0.25) is 5.91 Å². The number of amides is 2. The molecule has 1 saturated heterocycles. The maximum absolute atomic E-state index is 13.2. The van der Waals surface area contributed by atoms with Gasteiger partial charge in [-0.15, -0.1) is 0 Å².